The van der Waals surface area contributed by atoms with Crippen LogP contribution in [0.3, 0.4) is 0 Å². The highest BCUT2D eigenvalue weighted by Crippen LogP contribution is 2.26. The average molecular weight is 361 g/mol. The molecule has 4 N–H and O–H groups in total. The number of anilines is 3. The minimum Gasteiger partial charge on any atom is -0.339 e. The van der Waals surface area contributed by atoms with E-state index in [1.54, 1.807) is 6.07 Å². The lowest BCUT2D eigenvalue weighted by atomic mass is 10.3. The number of aromatic nitrogens is 1. The number of hydrazine groups is 1. The van der Waals surface area contributed by atoms with E-state index in [4.69, 9.17) is 17.4 Å². The number of benzene rings is 1. The quantitative estimate of drug-likeness (QED) is 0.446. The highest BCUT2D eigenvalue weighted by Gasteiger charge is 2.02. The molecule has 0 aliphatic carbocycles. The molecule has 0 atom stereocenters. The number of nitrogens with two attached hydrogens (primary N) is 1. The van der Waals surface area contributed by atoms with Crippen molar-refractivity contribution >= 4 is 51.5 Å². The molecule has 0 spiro atoms. The molecule has 17 heavy (non-hydrogen) atoms. The maximum atomic E-state index is 6.12. The first-order valence-corrected chi connectivity index (χ1v) is 6.30. The van der Waals surface area contributed by atoms with Crippen LogP contribution in [0.25, 0.3) is 0 Å². The number of hydrogen-bond donors (Lipinski definition) is 3. The van der Waals surface area contributed by atoms with Gasteiger partial charge in [-0.15, -0.1) is 0 Å². The molecular weight excluding hydrogens is 351 g/mol. The van der Waals surface area contributed by atoms with E-state index in [0.717, 1.165) is 9.26 Å². The highest BCUT2D eigenvalue weighted by atomic mass is 127. The van der Waals surface area contributed by atoms with Crippen molar-refractivity contribution in [2.75, 3.05) is 10.7 Å². The SMILES string of the molecule is NNc1cccc(Nc2ccc(I)cc2Cl)n1. The Morgan fingerprint density at radius 3 is 2.65 bits per heavy atom. The van der Waals surface area contributed by atoms with Crippen molar-refractivity contribution in [3.8, 4) is 0 Å². The fourth-order valence-electron chi connectivity index (χ4n) is 1.31. The summed E-state index contributed by atoms with van der Waals surface area (Å²) in [5.41, 5.74) is 3.31. The average Bonchev–Trinajstić information content (AvgIpc) is 2.33. The Morgan fingerprint density at radius 1 is 1.18 bits per heavy atom. The van der Waals surface area contributed by atoms with Crippen LogP contribution in [0.2, 0.25) is 5.02 Å². The number of pyridine rings is 1. The van der Waals surface area contributed by atoms with E-state index < -0.39 is 0 Å². The second-order valence-electron chi connectivity index (χ2n) is 3.30. The Balaban J connectivity index is 2.25. The van der Waals surface area contributed by atoms with E-state index in [9.17, 15) is 0 Å². The molecule has 0 fully saturated rings. The van der Waals surface area contributed by atoms with Gasteiger partial charge in [0.15, 0.2) is 0 Å². The third-order valence-electron chi connectivity index (χ3n) is 2.09. The molecule has 88 valence electrons. The van der Waals surface area contributed by atoms with Crippen molar-refractivity contribution in [2.45, 2.75) is 0 Å². The summed E-state index contributed by atoms with van der Waals surface area (Å²) in [6.45, 7) is 0. The first-order valence-electron chi connectivity index (χ1n) is 4.85. The van der Waals surface area contributed by atoms with E-state index in [0.29, 0.717) is 16.7 Å². The van der Waals surface area contributed by atoms with Crippen LogP contribution >= 0.6 is 34.2 Å². The summed E-state index contributed by atoms with van der Waals surface area (Å²) in [7, 11) is 0. The Labute approximate surface area is 118 Å². The molecule has 0 saturated carbocycles. The molecule has 1 aromatic carbocycles. The van der Waals surface area contributed by atoms with E-state index in [2.05, 4.69) is 38.3 Å². The van der Waals surface area contributed by atoms with Crippen LogP contribution in [0.5, 0.6) is 0 Å². The first kappa shape index (κ1) is 12.4. The number of nitrogen functional groups attached to an aromatic ring is 1. The van der Waals surface area contributed by atoms with Crippen LogP contribution < -0.4 is 16.6 Å². The van der Waals surface area contributed by atoms with Gasteiger partial charge >= 0.3 is 0 Å². The Kier molecular flexibility index (Phi) is 4.03. The van der Waals surface area contributed by atoms with Crippen molar-refractivity contribution in [1.82, 2.24) is 4.98 Å². The van der Waals surface area contributed by atoms with Gasteiger partial charge in [0.25, 0.3) is 0 Å². The number of nitrogens with one attached hydrogen (secondary N) is 2. The van der Waals surface area contributed by atoms with Crippen LogP contribution in [0.4, 0.5) is 17.3 Å². The van der Waals surface area contributed by atoms with Gasteiger partial charge in [-0.25, -0.2) is 10.8 Å². The van der Waals surface area contributed by atoms with E-state index in [1.807, 2.05) is 30.3 Å². The van der Waals surface area contributed by atoms with Crippen LogP contribution in [0.1, 0.15) is 0 Å². The van der Waals surface area contributed by atoms with Crippen LogP contribution in [0.15, 0.2) is 36.4 Å². The van der Waals surface area contributed by atoms with Crippen LogP contribution in [-0.2, 0) is 0 Å². The Bertz CT molecular complexity index is 533. The van der Waals surface area contributed by atoms with Crippen molar-refractivity contribution in [3.05, 3.63) is 45.0 Å². The summed E-state index contributed by atoms with van der Waals surface area (Å²) >= 11 is 8.33. The number of halogens is 2. The van der Waals surface area contributed by atoms with Gasteiger partial charge < -0.3 is 10.7 Å². The maximum absolute atomic E-state index is 6.12. The van der Waals surface area contributed by atoms with E-state index in [1.165, 1.54) is 0 Å². The molecule has 6 heteroatoms. The fourth-order valence-corrected chi connectivity index (χ4v) is 2.22. The van der Waals surface area contributed by atoms with Gasteiger partial charge in [0, 0.05) is 3.57 Å². The molecule has 0 bridgehead atoms. The minimum absolute atomic E-state index is 0.594. The summed E-state index contributed by atoms with van der Waals surface area (Å²) in [6, 6.07) is 11.2. The zero-order valence-electron chi connectivity index (χ0n) is 8.74. The fraction of sp³-hybridized carbons (Fsp3) is 0. The van der Waals surface area contributed by atoms with Crippen LogP contribution in [0, 0.1) is 3.57 Å². The normalized spacial score (nSPS) is 10.1. The second-order valence-corrected chi connectivity index (χ2v) is 4.95. The molecule has 1 aromatic heterocycles. The molecule has 4 nitrogen and oxygen atoms in total. The lowest BCUT2D eigenvalue weighted by molar-refractivity contribution is 1.22. The Hall–Kier alpha value is -1.05. The third-order valence-corrected chi connectivity index (χ3v) is 3.07. The summed E-state index contributed by atoms with van der Waals surface area (Å²) in [5, 5.41) is 3.79. The summed E-state index contributed by atoms with van der Waals surface area (Å²) in [4.78, 5) is 4.24. The van der Waals surface area contributed by atoms with Crippen molar-refractivity contribution in [3.63, 3.8) is 0 Å². The molecule has 1 heterocycles. The Morgan fingerprint density at radius 2 is 1.94 bits per heavy atom. The molecule has 0 amide bonds. The zero-order chi connectivity index (χ0) is 12.3. The molecule has 2 rings (SSSR count). The lowest BCUT2D eigenvalue weighted by Crippen LogP contribution is -2.09. The van der Waals surface area contributed by atoms with Gasteiger partial charge in [-0.1, -0.05) is 17.7 Å². The van der Waals surface area contributed by atoms with E-state index in [-0.39, 0.29) is 0 Å². The third kappa shape index (κ3) is 3.21. The molecule has 0 unspecified atom stereocenters. The predicted octanol–water partition coefficient (Wildman–Crippen LogP) is 3.37. The zero-order valence-corrected chi connectivity index (χ0v) is 11.7. The van der Waals surface area contributed by atoms with Gasteiger partial charge in [0.1, 0.15) is 11.6 Å². The highest BCUT2D eigenvalue weighted by molar-refractivity contribution is 14.1. The summed E-state index contributed by atoms with van der Waals surface area (Å²) in [5.74, 6) is 6.57. The molecule has 0 aliphatic rings. The molecule has 0 saturated heterocycles. The van der Waals surface area contributed by atoms with Gasteiger partial charge in [-0.05, 0) is 52.9 Å². The second kappa shape index (κ2) is 5.52. The maximum Gasteiger partial charge on any atom is 0.142 e. The van der Waals surface area contributed by atoms with Crippen molar-refractivity contribution < 1.29 is 0 Å². The van der Waals surface area contributed by atoms with Crippen molar-refractivity contribution in [2.24, 2.45) is 5.84 Å². The topological polar surface area (TPSA) is 63.0 Å². The van der Waals surface area contributed by atoms with Gasteiger partial charge in [0.2, 0.25) is 0 Å². The van der Waals surface area contributed by atoms with Crippen LogP contribution in [-0.4, -0.2) is 4.98 Å². The molecule has 0 radical (unpaired) electrons. The lowest BCUT2D eigenvalue weighted by Gasteiger charge is -2.09. The minimum atomic E-state index is 0.594. The molecule has 0 aliphatic heterocycles. The monoisotopic (exact) mass is 360 g/mol. The predicted molar refractivity (Wildman–Crippen MR) is 79.5 cm³/mol. The van der Waals surface area contributed by atoms with Gasteiger partial charge in [-0.3, -0.25) is 0 Å². The number of rotatable bonds is 3. The summed E-state index contributed by atoms with van der Waals surface area (Å²) in [6.07, 6.45) is 0. The van der Waals surface area contributed by atoms with Crippen molar-refractivity contribution in [1.29, 1.82) is 0 Å². The largest absolute Gasteiger partial charge is 0.339 e. The molecule has 2 aromatic rings. The number of nitrogens with zero attached hydrogens (tertiary/aromatic N) is 1. The van der Waals surface area contributed by atoms with Gasteiger partial charge in [-0.2, -0.15) is 0 Å². The standard InChI is InChI=1S/C11H10ClIN4/c12-8-6-7(13)4-5-9(8)15-10-2-1-3-11(16-10)17-14/h1-6H,14H2,(H2,15,16,17). The summed E-state index contributed by atoms with van der Waals surface area (Å²) < 4.78 is 1.09. The van der Waals surface area contributed by atoms with E-state index >= 15 is 0 Å². The van der Waals surface area contributed by atoms with Gasteiger partial charge in [0.05, 0.1) is 10.7 Å². The molecular formula is C11H10ClIN4. The smallest absolute Gasteiger partial charge is 0.142 e. The first-order chi connectivity index (χ1) is 8.19. The number of hydrogen-bond acceptors (Lipinski definition) is 4.